The molecule has 0 bridgehead atoms. The summed E-state index contributed by atoms with van der Waals surface area (Å²) in [6.07, 6.45) is 3.43. The van der Waals surface area contributed by atoms with Gasteiger partial charge >= 0.3 is 0 Å². The van der Waals surface area contributed by atoms with Crippen molar-refractivity contribution >= 4 is 0 Å². The van der Waals surface area contributed by atoms with Gasteiger partial charge in [-0.1, -0.05) is 84.9 Å². The van der Waals surface area contributed by atoms with Crippen LogP contribution in [0.5, 0.6) is 11.5 Å². The maximum Gasteiger partial charge on any atom is 0.292 e. The second kappa shape index (κ2) is 8.86. The van der Waals surface area contributed by atoms with Crippen LogP contribution in [0.2, 0.25) is 0 Å². The Bertz CT molecular complexity index is 1120. The predicted octanol–water partition coefficient (Wildman–Crippen LogP) is 5.79. The third kappa shape index (κ3) is 3.71. The van der Waals surface area contributed by atoms with Gasteiger partial charge in [0.1, 0.15) is 11.5 Å². The average molecular weight is 402 g/mol. The number of nitriles is 2. The van der Waals surface area contributed by atoms with Crippen LogP contribution < -0.4 is 9.47 Å². The minimum Gasteiger partial charge on any atom is -0.388 e. The Labute approximate surface area is 181 Å². The first-order valence-electron chi connectivity index (χ1n) is 9.73. The molecule has 4 aromatic rings. The molecule has 0 unspecified atom stereocenters. The van der Waals surface area contributed by atoms with Crippen molar-refractivity contribution < 1.29 is 9.47 Å². The lowest BCUT2D eigenvalue weighted by Crippen LogP contribution is -2.30. The summed E-state index contributed by atoms with van der Waals surface area (Å²) in [5.74, 6) is 0.970. The van der Waals surface area contributed by atoms with Crippen molar-refractivity contribution in [2.75, 3.05) is 0 Å². The summed E-state index contributed by atoms with van der Waals surface area (Å²) in [5, 5.41) is 17.7. The highest BCUT2D eigenvalue weighted by Gasteiger charge is 2.38. The molecule has 0 saturated carbocycles. The maximum absolute atomic E-state index is 8.85. The van der Waals surface area contributed by atoms with Gasteiger partial charge in [0.2, 0.25) is 0 Å². The lowest BCUT2D eigenvalue weighted by Gasteiger charge is -2.36. The van der Waals surface area contributed by atoms with Gasteiger partial charge in [0, 0.05) is 0 Å². The first kappa shape index (κ1) is 19.8. The van der Waals surface area contributed by atoms with Gasteiger partial charge in [0.05, 0.1) is 5.41 Å². The van der Waals surface area contributed by atoms with E-state index >= 15 is 0 Å². The minimum absolute atomic E-state index is 0.485. The number of nitrogens with zero attached hydrogens (tertiary/aromatic N) is 2. The van der Waals surface area contributed by atoms with E-state index in [0.29, 0.717) is 11.5 Å². The van der Waals surface area contributed by atoms with E-state index in [1.807, 2.05) is 60.7 Å². The highest BCUT2D eigenvalue weighted by atomic mass is 16.5. The normalized spacial score (nSPS) is 10.5. The average Bonchev–Trinajstić information content (AvgIpc) is 2.83. The first-order valence-corrected chi connectivity index (χ1v) is 9.73. The molecule has 0 atom stereocenters. The number of hydrogen-bond acceptors (Lipinski definition) is 4. The van der Waals surface area contributed by atoms with Gasteiger partial charge in [-0.05, 0) is 46.5 Å². The molecule has 4 nitrogen and oxygen atoms in total. The SMILES string of the molecule is N#COc1ccc(C(c2ccccc2)(c2ccccc2)c2ccc(OC#N)cc2)cc1. The van der Waals surface area contributed by atoms with Crippen LogP contribution in [0.15, 0.2) is 109 Å². The van der Waals surface area contributed by atoms with Crippen molar-refractivity contribution in [1.29, 1.82) is 10.5 Å². The quantitative estimate of drug-likeness (QED) is 0.302. The molecule has 0 aliphatic rings. The molecule has 4 aromatic carbocycles. The van der Waals surface area contributed by atoms with Crippen LogP contribution >= 0.6 is 0 Å². The van der Waals surface area contributed by atoms with E-state index in [9.17, 15) is 0 Å². The Kier molecular flexibility index (Phi) is 5.65. The minimum atomic E-state index is -0.626. The fourth-order valence-electron chi connectivity index (χ4n) is 4.03. The van der Waals surface area contributed by atoms with E-state index in [4.69, 9.17) is 20.0 Å². The van der Waals surface area contributed by atoms with Crippen LogP contribution in [0, 0.1) is 23.0 Å². The van der Waals surface area contributed by atoms with Gasteiger partial charge in [-0.3, -0.25) is 0 Å². The summed E-state index contributed by atoms with van der Waals surface area (Å²) in [4.78, 5) is 0. The van der Waals surface area contributed by atoms with Crippen molar-refractivity contribution in [3.05, 3.63) is 131 Å². The molecule has 0 fully saturated rings. The van der Waals surface area contributed by atoms with Crippen LogP contribution in [0.25, 0.3) is 0 Å². The van der Waals surface area contributed by atoms with E-state index in [-0.39, 0.29) is 0 Å². The summed E-state index contributed by atoms with van der Waals surface area (Å²) >= 11 is 0. The predicted molar refractivity (Wildman–Crippen MR) is 117 cm³/mol. The third-order valence-corrected chi connectivity index (χ3v) is 5.32. The van der Waals surface area contributed by atoms with Crippen LogP contribution in [-0.4, -0.2) is 0 Å². The van der Waals surface area contributed by atoms with Crippen molar-refractivity contribution in [1.82, 2.24) is 0 Å². The van der Waals surface area contributed by atoms with Crippen LogP contribution in [-0.2, 0) is 5.41 Å². The lowest BCUT2D eigenvalue weighted by atomic mass is 9.65. The first-order chi connectivity index (χ1) is 15.3. The molecule has 0 radical (unpaired) electrons. The highest BCUT2D eigenvalue weighted by molar-refractivity contribution is 5.60. The van der Waals surface area contributed by atoms with Gasteiger partial charge in [-0.15, -0.1) is 10.5 Å². The van der Waals surface area contributed by atoms with Gasteiger partial charge in [-0.25, -0.2) is 0 Å². The molecule has 4 rings (SSSR count). The molecule has 4 heteroatoms. The zero-order valence-corrected chi connectivity index (χ0v) is 16.6. The molecule has 31 heavy (non-hydrogen) atoms. The molecule has 0 N–H and O–H groups in total. The number of rotatable bonds is 6. The molecule has 0 saturated heterocycles. The van der Waals surface area contributed by atoms with E-state index in [2.05, 4.69) is 24.3 Å². The van der Waals surface area contributed by atoms with Gasteiger partial charge in [0.25, 0.3) is 12.5 Å². The lowest BCUT2D eigenvalue weighted by molar-refractivity contribution is 0.506. The van der Waals surface area contributed by atoms with Crippen LogP contribution in [0.4, 0.5) is 0 Å². The summed E-state index contributed by atoms with van der Waals surface area (Å²) < 4.78 is 9.98. The topological polar surface area (TPSA) is 66.0 Å². The fourth-order valence-corrected chi connectivity index (χ4v) is 4.03. The third-order valence-electron chi connectivity index (χ3n) is 5.32. The molecule has 0 aliphatic carbocycles. The summed E-state index contributed by atoms with van der Waals surface area (Å²) in [6.45, 7) is 0. The molecular formula is C27H18N2O2. The van der Waals surface area contributed by atoms with E-state index in [1.54, 1.807) is 36.8 Å². The molecule has 0 spiro atoms. The molecule has 0 amide bonds. The maximum atomic E-state index is 8.85. The Morgan fingerprint density at radius 3 is 1.10 bits per heavy atom. The number of hydrogen-bond donors (Lipinski definition) is 0. The second-order valence-corrected chi connectivity index (χ2v) is 6.92. The highest BCUT2D eigenvalue weighted by Crippen LogP contribution is 2.45. The molecule has 0 aromatic heterocycles. The Balaban J connectivity index is 2.02. The van der Waals surface area contributed by atoms with Crippen molar-refractivity contribution in [2.45, 2.75) is 5.41 Å². The standard InChI is InChI=1S/C27H18N2O2/c28-19-30-25-15-11-23(12-16-25)27(21-7-3-1-4-8-21,22-9-5-2-6-10-22)24-13-17-26(18-14-24)31-20-29/h1-18H. The largest absolute Gasteiger partial charge is 0.388 e. The van der Waals surface area contributed by atoms with E-state index in [1.165, 1.54) is 0 Å². The molecule has 148 valence electrons. The Morgan fingerprint density at radius 1 is 0.452 bits per heavy atom. The van der Waals surface area contributed by atoms with Crippen LogP contribution in [0.1, 0.15) is 22.3 Å². The number of ether oxygens (including phenoxy) is 2. The Morgan fingerprint density at radius 2 is 0.774 bits per heavy atom. The molecular weight excluding hydrogens is 384 g/mol. The summed E-state index contributed by atoms with van der Waals surface area (Å²) in [6, 6.07) is 35.6. The Hall–Kier alpha value is -4.54. The van der Waals surface area contributed by atoms with Crippen LogP contribution in [0.3, 0.4) is 0 Å². The second-order valence-electron chi connectivity index (χ2n) is 6.92. The monoisotopic (exact) mass is 402 g/mol. The fraction of sp³-hybridized carbons (Fsp3) is 0.0370. The smallest absolute Gasteiger partial charge is 0.292 e. The van der Waals surface area contributed by atoms with E-state index < -0.39 is 5.41 Å². The number of benzene rings is 4. The summed E-state index contributed by atoms with van der Waals surface area (Å²) in [5.41, 5.74) is 3.58. The summed E-state index contributed by atoms with van der Waals surface area (Å²) in [7, 11) is 0. The van der Waals surface area contributed by atoms with Crippen molar-refractivity contribution in [2.24, 2.45) is 0 Å². The van der Waals surface area contributed by atoms with Crippen molar-refractivity contribution in [3.8, 4) is 24.0 Å². The van der Waals surface area contributed by atoms with Gasteiger partial charge < -0.3 is 9.47 Å². The molecule has 0 heterocycles. The van der Waals surface area contributed by atoms with E-state index in [0.717, 1.165) is 22.3 Å². The van der Waals surface area contributed by atoms with Gasteiger partial charge in [-0.2, -0.15) is 0 Å². The molecule has 0 aliphatic heterocycles. The van der Waals surface area contributed by atoms with Gasteiger partial charge in [0.15, 0.2) is 0 Å². The zero-order valence-electron chi connectivity index (χ0n) is 16.6. The zero-order chi connectivity index (χ0) is 21.5. The van der Waals surface area contributed by atoms with Crippen molar-refractivity contribution in [3.63, 3.8) is 0 Å².